The second-order valence-electron chi connectivity index (χ2n) is 2.48. The summed E-state index contributed by atoms with van der Waals surface area (Å²) in [5, 5.41) is 0. The summed E-state index contributed by atoms with van der Waals surface area (Å²) < 4.78 is 0. The van der Waals surface area contributed by atoms with Gasteiger partial charge in [0.25, 0.3) is 0 Å². The Morgan fingerprint density at radius 3 is 2.11 bits per heavy atom. The average Bonchev–Trinajstić information content (AvgIpc) is 1.82. The van der Waals surface area contributed by atoms with Gasteiger partial charge >= 0.3 is 0 Å². The van der Waals surface area contributed by atoms with Crippen LogP contribution in [0.3, 0.4) is 0 Å². The third-order valence-electron chi connectivity index (χ3n) is 1.41. The zero-order valence-corrected chi connectivity index (χ0v) is 6.70. The molecule has 0 heterocycles. The van der Waals surface area contributed by atoms with Crippen LogP contribution in [0.25, 0.3) is 0 Å². The van der Waals surface area contributed by atoms with E-state index in [2.05, 4.69) is 27.4 Å². The van der Waals surface area contributed by atoms with Gasteiger partial charge in [-0.1, -0.05) is 31.6 Å². The largest absolute Gasteiger partial charge is 0.0988 e. The molecule has 0 aliphatic rings. The van der Waals surface area contributed by atoms with E-state index in [1.165, 1.54) is 24.0 Å². The summed E-state index contributed by atoms with van der Waals surface area (Å²) in [4.78, 5) is 0. The Balaban J connectivity index is 3.98. The molecule has 0 aromatic carbocycles. The second-order valence-corrected chi connectivity index (χ2v) is 2.48. The molecular formula is C9H16. The van der Waals surface area contributed by atoms with Gasteiger partial charge in [0.1, 0.15) is 0 Å². The molecule has 0 spiro atoms. The van der Waals surface area contributed by atoms with Crippen molar-refractivity contribution in [1.29, 1.82) is 0 Å². The molecule has 0 aliphatic heterocycles. The van der Waals surface area contributed by atoms with Crippen LogP contribution in [0.4, 0.5) is 0 Å². The van der Waals surface area contributed by atoms with E-state index < -0.39 is 0 Å². The monoisotopic (exact) mass is 124 g/mol. The third-order valence-corrected chi connectivity index (χ3v) is 1.41. The third kappa shape index (κ3) is 3.12. The van der Waals surface area contributed by atoms with Crippen molar-refractivity contribution in [1.82, 2.24) is 0 Å². The van der Waals surface area contributed by atoms with Crippen LogP contribution in [0.1, 0.15) is 33.6 Å². The normalized spacial score (nSPS) is 8.78. The molecule has 0 aromatic rings. The molecule has 0 unspecified atom stereocenters. The van der Waals surface area contributed by atoms with Crippen LogP contribution in [-0.4, -0.2) is 0 Å². The first-order chi connectivity index (χ1) is 4.22. The molecule has 0 fully saturated rings. The molecule has 0 saturated carbocycles. The van der Waals surface area contributed by atoms with Crippen LogP contribution in [0.5, 0.6) is 0 Å². The van der Waals surface area contributed by atoms with Gasteiger partial charge in [-0.25, -0.2) is 0 Å². The Morgan fingerprint density at radius 1 is 1.44 bits per heavy atom. The minimum absolute atomic E-state index is 1.17. The fraction of sp³-hybridized carbons (Fsp3) is 0.556. The van der Waals surface area contributed by atoms with Crippen LogP contribution in [0.2, 0.25) is 0 Å². The predicted octanol–water partition coefficient (Wildman–Crippen LogP) is 3.31. The molecule has 0 aromatic heterocycles. The summed E-state index contributed by atoms with van der Waals surface area (Å²) >= 11 is 0. The summed E-state index contributed by atoms with van der Waals surface area (Å²) in [7, 11) is 0. The van der Waals surface area contributed by atoms with E-state index >= 15 is 0 Å². The quantitative estimate of drug-likeness (QED) is 0.506. The van der Waals surface area contributed by atoms with Crippen LogP contribution in [0.15, 0.2) is 23.8 Å². The maximum absolute atomic E-state index is 3.74. The molecule has 0 atom stereocenters. The molecule has 0 amide bonds. The van der Waals surface area contributed by atoms with E-state index in [1.807, 2.05) is 6.08 Å². The van der Waals surface area contributed by atoms with Gasteiger partial charge in [-0.3, -0.25) is 0 Å². The molecule has 9 heavy (non-hydrogen) atoms. The lowest BCUT2D eigenvalue weighted by molar-refractivity contribution is 0.913. The van der Waals surface area contributed by atoms with E-state index in [9.17, 15) is 0 Å². The van der Waals surface area contributed by atoms with Crippen LogP contribution in [-0.2, 0) is 0 Å². The fourth-order valence-corrected chi connectivity index (χ4v) is 0.826. The topological polar surface area (TPSA) is 0 Å². The van der Waals surface area contributed by atoms with Crippen molar-refractivity contribution in [3.8, 4) is 0 Å². The lowest BCUT2D eigenvalue weighted by Gasteiger charge is -1.99. The summed E-state index contributed by atoms with van der Waals surface area (Å²) in [6.45, 7) is 10.2. The fourth-order valence-electron chi connectivity index (χ4n) is 0.826. The zero-order chi connectivity index (χ0) is 7.28. The standard InChI is InChI=1S/C9H16/c1-5-7-9(6-2)8(3)4/h6H,2,5,7H2,1,3-4H3. The molecule has 0 N–H and O–H groups in total. The minimum atomic E-state index is 1.17. The van der Waals surface area contributed by atoms with Gasteiger partial charge in [0.2, 0.25) is 0 Å². The van der Waals surface area contributed by atoms with Crippen molar-refractivity contribution < 1.29 is 0 Å². The molecule has 0 aliphatic carbocycles. The Bertz CT molecular complexity index is 114. The average molecular weight is 124 g/mol. The van der Waals surface area contributed by atoms with Gasteiger partial charge in [-0.15, -0.1) is 0 Å². The number of hydrogen-bond acceptors (Lipinski definition) is 0. The maximum Gasteiger partial charge on any atom is -0.0282 e. The summed E-state index contributed by atoms with van der Waals surface area (Å²) in [6.07, 6.45) is 4.34. The Morgan fingerprint density at radius 2 is 2.00 bits per heavy atom. The Labute approximate surface area is 58.3 Å². The van der Waals surface area contributed by atoms with Crippen molar-refractivity contribution in [3.63, 3.8) is 0 Å². The summed E-state index contributed by atoms with van der Waals surface area (Å²) in [5.41, 5.74) is 2.80. The van der Waals surface area contributed by atoms with Crippen molar-refractivity contribution in [2.75, 3.05) is 0 Å². The lowest BCUT2D eigenvalue weighted by Crippen LogP contribution is -1.79. The second kappa shape index (κ2) is 4.37. The van der Waals surface area contributed by atoms with Gasteiger partial charge in [0.15, 0.2) is 0 Å². The molecule has 0 saturated heterocycles. The number of rotatable bonds is 3. The first-order valence-electron chi connectivity index (χ1n) is 3.51. The van der Waals surface area contributed by atoms with E-state index in [0.29, 0.717) is 0 Å². The highest BCUT2D eigenvalue weighted by atomic mass is 14.0. The van der Waals surface area contributed by atoms with Crippen molar-refractivity contribution in [2.45, 2.75) is 33.6 Å². The Kier molecular flexibility index (Phi) is 4.12. The lowest BCUT2D eigenvalue weighted by atomic mass is 10.1. The predicted molar refractivity (Wildman–Crippen MR) is 43.5 cm³/mol. The van der Waals surface area contributed by atoms with Gasteiger partial charge in [0, 0.05) is 0 Å². The van der Waals surface area contributed by atoms with Crippen LogP contribution in [0, 0.1) is 0 Å². The van der Waals surface area contributed by atoms with Gasteiger partial charge < -0.3 is 0 Å². The van der Waals surface area contributed by atoms with Gasteiger partial charge in [-0.05, 0) is 25.8 Å². The molecular weight excluding hydrogens is 108 g/mol. The zero-order valence-electron chi connectivity index (χ0n) is 6.70. The van der Waals surface area contributed by atoms with E-state index in [-0.39, 0.29) is 0 Å². The molecule has 0 radical (unpaired) electrons. The number of hydrogen-bond donors (Lipinski definition) is 0. The van der Waals surface area contributed by atoms with Crippen LogP contribution < -0.4 is 0 Å². The summed E-state index contributed by atoms with van der Waals surface area (Å²) in [5.74, 6) is 0. The molecule has 0 rings (SSSR count). The van der Waals surface area contributed by atoms with Crippen molar-refractivity contribution in [3.05, 3.63) is 23.8 Å². The highest BCUT2D eigenvalue weighted by Gasteiger charge is 1.90. The van der Waals surface area contributed by atoms with Crippen molar-refractivity contribution in [2.24, 2.45) is 0 Å². The SMILES string of the molecule is C=CC(CCC)=C(C)C. The first-order valence-corrected chi connectivity index (χ1v) is 3.51. The molecule has 0 nitrogen and oxygen atoms in total. The maximum atomic E-state index is 3.74. The van der Waals surface area contributed by atoms with Crippen molar-refractivity contribution >= 4 is 0 Å². The van der Waals surface area contributed by atoms with E-state index in [4.69, 9.17) is 0 Å². The minimum Gasteiger partial charge on any atom is -0.0988 e. The highest BCUT2D eigenvalue weighted by Crippen LogP contribution is 2.10. The Hall–Kier alpha value is -0.520. The molecule has 52 valence electrons. The highest BCUT2D eigenvalue weighted by molar-refractivity contribution is 5.20. The molecule has 0 bridgehead atoms. The number of allylic oxidation sites excluding steroid dienone is 3. The first kappa shape index (κ1) is 8.48. The van der Waals surface area contributed by atoms with Gasteiger partial charge in [0.05, 0.1) is 0 Å². The van der Waals surface area contributed by atoms with E-state index in [0.717, 1.165) is 0 Å². The smallest absolute Gasteiger partial charge is 0.0282 e. The van der Waals surface area contributed by atoms with E-state index in [1.54, 1.807) is 0 Å². The van der Waals surface area contributed by atoms with Gasteiger partial charge in [-0.2, -0.15) is 0 Å². The van der Waals surface area contributed by atoms with Crippen LogP contribution >= 0.6 is 0 Å². The summed E-state index contributed by atoms with van der Waals surface area (Å²) in [6, 6.07) is 0. The molecule has 0 heteroatoms.